The largest absolute Gasteiger partial charge is 0.494 e. The maximum absolute atomic E-state index is 5.22. The van der Waals surface area contributed by atoms with Gasteiger partial charge in [0.1, 0.15) is 11.4 Å². The zero-order chi connectivity index (χ0) is 10.5. The molecule has 0 saturated heterocycles. The molecule has 0 aliphatic carbocycles. The summed E-state index contributed by atoms with van der Waals surface area (Å²) in [6, 6.07) is 17.6. The molecule has 75 valence electrons. The summed E-state index contributed by atoms with van der Waals surface area (Å²) < 4.78 is 5.22. The van der Waals surface area contributed by atoms with E-state index in [-0.39, 0.29) is 0 Å². The van der Waals surface area contributed by atoms with E-state index in [2.05, 4.69) is 5.32 Å². The van der Waals surface area contributed by atoms with E-state index in [1.165, 1.54) is 0 Å². The maximum atomic E-state index is 5.22. The number of methoxy groups -OCH3 is 1. The van der Waals surface area contributed by atoms with Crippen molar-refractivity contribution in [1.82, 2.24) is 5.32 Å². The molecule has 0 bridgehead atoms. The smallest absolute Gasteiger partial charge is 0.144 e. The van der Waals surface area contributed by atoms with Crippen LogP contribution >= 0.6 is 0 Å². The van der Waals surface area contributed by atoms with Crippen molar-refractivity contribution in [2.75, 3.05) is 7.11 Å². The van der Waals surface area contributed by atoms with Crippen LogP contribution in [0.15, 0.2) is 54.6 Å². The van der Waals surface area contributed by atoms with E-state index in [1.54, 1.807) is 7.11 Å². The second-order valence-corrected chi connectivity index (χ2v) is 3.12. The molecule has 15 heavy (non-hydrogen) atoms. The summed E-state index contributed by atoms with van der Waals surface area (Å²) in [4.78, 5) is 0. The van der Waals surface area contributed by atoms with Gasteiger partial charge in [-0.3, -0.25) is 0 Å². The van der Waals surface area contributed by atoms with E-state index in [0.29, 0.717) is 0 Å². The summed E-state index contributed by atoms with van der Waals surface area (Å²) in [6.45, 7) is 0. The van der Waals surface area contributed by atoms with E-state index in [4.69, 9.17) is 4.74 Å². The van der Waals surface area contributed by atoms with Gasteiger partial charge in [0.05, 0.1) is 12.8 Å². The molecular weight excluding hydrogens is 186 g/mol. The Bertz CT molecular complexity index is 426. The molecule has 0 N–H and O–H groups in total. The third-order valence-corrected chi connectivity index (χ3v) is 2.09. The summed E-state index contributed by atoms with van der Waals surface area (Å²) in [7, 11) is 1.65. The third-order valence-electron chi connectivity index (χ3n) is 2.09. The van der Waals surface area contributed by atoms with Crippen LogP contribution < -0.4 is 10.1 Å². The normalized spacial score (nSPS) is 9.67. The van der Waals surface area contributed by atoms with Crippen molar-refractivity contribution in [3.63, 3.8) is 0 Å². The fourth-order valence-corrected chi connectivity index (χ4v) is 1.36. The lowest BCUT2D eigenvalue weighted by atomic mass is 10.2. The van der Waals surface area contributed by atoms with Gasteiger partial charge in [-0.2, -0.15) is 0 Å². The predicted molar refractivity (Wildman–Crippen MR) is 60.9 cm³/mol. The highest BCUT2D eigenvalue weighted by Crippen LogP contribution is 2.26. The predicted octanol–water partition coefficient (Wildman–Crippen LogP) is 3.26. The molecule has 2 heteroatoms. The van der Waals surface area contributed by atoms with Gasteiger partial charge in [0.15, 0.2) is 0 Å². The zero-order valence-corrected chi connectivity index (χ0v) is 8.55. The average molecular weight is 198 g/mol. The molecule has 0 unspecified atom stereocenters. The highest BCUT2D eigenvalue weighted by molar-refractivity contribution is 5.56. The van der Waals surface area contributed by atoms with Gasteiger partial charge in [-0.15, -0.1) is 0 Å². The van der Waals surface area contributed by atoms with Gasteiger partial charge >= 0.3 is 0 Å². The molecule has 0 aromatic heterocycles. The zero-order valence-electron chi connectivity index (χ0n) is 8.55. The minimum absolute atomic E-state index is 0.793. The number of rotatable bonds is 3. The van der Waals surface area contributed by atoms with E-state index in [0.717, 1.165) is 17.1 Å². The Kier molecular flexibility index (Phi) is 2.88. The van der Waals surface area contributed by atoms with Crippen LogP contribution in [-0.4, -0.2) is 7.11 Å². The fraction of sp³-hybridized carbons (Fsp3) is 0.0769. The lowest BCUT2D eigenvalue weighted by Gasteiger charge is -2.07. The second kappa shape index (κ2) is 4.51. The third kappa shape index (κ3) is 2.29. The minimum Gasteiger partial charge on any atom is -0.494 e. The number of nitrogens with zero attached hydrogens (tertiary/aromatic N) is 1. The van der Waals surface area contributed by atoms with Gasteiger partial charge in [0.2, 0.25) is 0 Å². The Hall–Kier alpha value is -1.96. The SMILES string of the molecule is COc1ccccc1[N]c1ccccc1. The van der Waals surface area contributed by atoms with Gasteiger partial charge in [-0.05, 0) is 24.3 Å². The first-order chi connectivity index (χ1) is 7.40. The summed E-state index contributed by atoms with van der Waals surface area (Å²) in [6.07, 6.45) is 0. The fourth-order valence-electron chi connectivity index (χ4n) is 1.36. The molecule has 2 aromatic carbocycles. The molecule has 2 aromatic rings. The highest BCUT2D eigenvalue weighted by atomic mass is 16.5. The standard InChI is InChI=1S/C13H12NO/c1-15-13-10-6-5-9-12(13)14-11-7-3-2-4-8-11/h2-10H,1H3. The second-order valence-electron chi connectivity index (χ2n) is 3.12. The van der Waals surface area contributed by atoms with Gasteiger partial charge in [-0.25, -0.2) is 5.32 Å². The van der Waals surface area contributed by atoms with Crippen LogP contribution in [0.2, 0.25) is 0 Å². The molecular formula is C13H12NO. The van der Waals surface area contributed by atoms with E-state index >= 15 is 0 Å². The van der Waals surface area contributed by atoms with Crippen molar-refractivity contribution in [2.24, 2.45) is 0 Å². The number of benzene rings is 2. The monoisotopic (exact) mass is 198 g/mol. The molecule has 0 aliphatic rings. The Morgan fingerprint density at radius 3 is 2.27 bits per heavy atom. The average Bonchev–Trinajstić information content (AvgIpc) is 2.31. The quantitative estimate of drug-likeness (QED) is 0.742. The minimum atomic E-state index is 0.793. The van der Waals surface area contributed by atoms with Crippen LogP contribution in [0, 0.1) is 0 Å². The molecule has 0 atom stereocenters. The summed E-state index contributed by atoms with van der Waals surface area (Å²) >= 11 is 0. The van der Waals surface area contributed by atoms with Crippen LogP contribution in [0.1, 0.15) is 0 Å². The lowest BCUT2D eigenvalue weighted by molar-refractivity contribution is 0.415. The summed E-state index contributed by atoms with van der Waals surface area (Å²) in [5.74, 6) is 0.793. The van der Waals surface area contributed by atoms with Crippen LogP contribution in [0.4, 0.5) is 11.4 Å². The van der Waals surface area contributed by atoms with Crippen LogP contribution in [0.5, 0.6) is 5.75 Å². The Labute approximate surface area is 89.5 Å². The molecule has 0 amide bonds. The van der Waals surface area contributed by atoms with E-state index in [1.807, 2.05) is 54.6 Å². The van der Waals surface area contributed by atoms with E-state index in [9.17, 15) is 0 Å². The Morgan fingerprint density at radius 2 is 1.53 bits per heavy atom. The van der Waals surface area contributed by atoms with Gasteiger partial charge in [0.25, 0.3) is 0 Å². The number of ether oxygens (including phenoxy) is 1. The summed E-state index contributed by atoms with van der Waals surface area (Å²) in [5, 5.41) is 4.49. The van der Waals surface area contributed by atoms with Crippen LogP contribution in [0.25, 0.3) is 0 Å². The van der Waals surface area contributed by atoms with Gasteiger partial charge < -0.3 is 4.74 Å². The number of hydrogen-bond donors (Lipinski definition) is 0. The van der Waals surface area contributed by atoms with Crippen molar-refractivity contribution < 1.29 is 4.74 Å². The van der Waals surface area contributed by atoms with Gasteiger partial charge in [0, 0.05) is 0 Å². The van der Waals surface area contributed by atoms with Crippen molar-refractivity contribution >= 4 is 11.4 Å². The van der Waals surface area contributed by atoms with Crippen molar-refractivity contribution in [3.8, 4) is 5.75 Å². The number of hydrogen-bond acceptors (Lipinski definition) is 1. The van der Waals surface area contributed by atoms with Crippen LogP contribution in [0.3, 0.4) is 0 Å². The first-order valence-corrected chi connectivity index (χ1v) is 4.80. The first kappa shape index (κ1) is 9.59. The lowest BCUT2D eigenvalue weighted by Crippen LogP contribution is -1.92. The molecule has 0 aliphatic heterocycles. The van der Waals surface area contributed by atoms with Gasteiger partial charge in [-0.1, -0.05) is 30.3 Å². The first-order valence-electron chi connectivity index (χ1n) is 4.80. The van der Waals surface area contributed by atoms with Crippen LogP contribution in [-0.2, 0) is 0 Å². The Balaban J connectivity index is 2.24. The molecule has 2 nitrogen and oxygen atoms in total. The summed E-state index contributed by atoms with van der Waals surface area (Å²) in [5.41, 5.74) is 1.79. The van der Waals surface area contributed by atoms with Crippen molar-refractivity contribution in [2.45, 2.75) is 0 Å². The topological polar surface area (TPSA) is 23.3 Å². The maximum Gasteiger partial charge on any atom is 0.144 e. The molecule has 2 rings (SSSR count). The number of para-hydroxylation sites is 3. The van der Waals surface area contributed by atoms with Crippen molar-refractivity contribution in [1.29, 1.82) is 0 Å². The molecule has 0 fully saturated rings. The highest BCUT2D eigenvalue weighted by Gasteiger charge is 2.02. The molecule has 1 radical (unpaired) electrons. The molecule has 0 saturated carbocycles. The molecule has 0 spiro atoms. The Morgan fingerprint density at radius 1 is 0.867 bits per heavy atom. The molecule has 0 heterocycles. The van der Waals surface area contributed by atoms with Crippen molar-refractivity contribution in [3.05, 3.63) is 54.6 Å². The van der Waals surface area contributed by atoms with E-state index < -0.39 is 0 Å².